The van der Waals surface area contributed by atoms with Gasteiger partial charge < -0.3 is 16.0 Å². The number of piperidine rings is 1. The van der Waals surface area contributed by atoms with E-state index in [1.807, 2.05) is 37.4 Å². The van der Waals surface area contributed by atoms with E-state index in [4.69, 9.17) is 5.73 Å². The smallest absolute Gasteiger partial charge is 0.249 e. The molecule has 1 unspecified atom stereocenters. The lowest BCUT2D eigenvalue weighted by molar-refractivity contribution is -0.129. The minimum absolute atomic E-state index is 0. The number of amides is 2. The van der Waals surface area contributed by atoms with Crippen LogP contribution < -0.4 is 16.0 Å². The Hall–Kier alpha value is -1.24. The number of aryl methyl sites for hydroxylation is 1. The van der Waals surface area contributed by atoms with Crippen molar-refractivity contribution in [3.63, 3.8) is 0 Å². The fourth-order valence-corrected chi connectivity index (χ4v) is 3.13. The van der Waals surface area contributed by atoms with Crippen LogP contribution >= 0.6 is 24.2 Å². The summed E-state index contributed by atoms with van der Waals surface area (Å²) in [6.07, 6.45) is 4.14. The third kappa shape index (κ3) is 5.40. The first kappa shape index (κ1) is 20.8. The highest BCUT2D eigenvalue weighted by molar-refractivity contribution is 7.98. The van der Waals surface area contributed by atoms with Gasteiger partial charge in [0.25, 0.3) is 0 Å². The van der Waals surface area contributed by atoms with E-state index in [9.17, 15) is 9.59 Å². The van der Waals surface area contributed by atoms with E-state index in [-0.39, 0.29) is 24.2 Å². The molecule has 1 saturated heterocycles. The molecule has 0 radical (unpaired) electrons. The van der Waals surface area contributed by atoms with Crippen molar-refractivity contribution in [3.8, 4) is 0 Å². The van der Waals surface area contributed by atoms with E-state index in [1.54, 1.807) is 16.7 Å². The predicted octanol–water partition coefficient (Wildman–Crippen LogP) is 2.11. The Morgan fingerprint density at radius 3 is 2.71 bits per heavy atom. The molecule has 1 aliphatic heterocycles. The highest BCUT2D eigenvalue weighted by Gasteiger charge is 2.31. The van der Waals surface area contributed by atoms with Crippen molar-refractivity contribution < 1.29 is 9.59 Å². The number of hydrogen-bond acceptors (Lipinski definition) is 4. The molecule has 1 aromatic rings. The van der Waals surface area contributed by atoms with Crippen molar-refractivity contribution in [3.05, 3.63) is 29.8 Å². The molecule has 3 N–H and O–H groups in total. The first-order valence-corrected chi connectivity index (χ1v) is 9.35. The lowest BCUT2D eigenvalue weighted by Crippen LogP contribution is -2.55. The molecule has 134 valence electrons. The molecular formula is C17H26ClN3O2S. The average molecular weight is 372 g/mol. The van der Waals surface area contributed by atoms with Crippen molar-refractivity contribution in [2.45, 2.75) is 38.3 Å². The third-order valence-electron chi connectivity index (χ3n) is 4.07. The first-order valence-electron chi connectivity index (χ1n) is 7.96. The summed E-state index contributed by atoms with van der Waals surface area (Å²) in [5.41, 5.74) is 7.91. The van der Waals surface area contributed by atoms with Crippen LogP contribution in [0.25, 0.3) is 0 Å². The van der Waals surface area contributed by atoms with Crippen molar-refractivity contribution in [2.75, 3.05) is 23.5 Å². The molecule has 2 amide bonds. The van der Waals surface area contributed by atoms with Crippen LogP contribution in [0.5, 0.6) is 0 Å². The molecule has 0 saturated carbocycles. The van der Waals surface area contributed by atoms with Gasteiger partial charge in [-0.05, 0) is 50.3 Å². The second kappa shape index (κ2) is 9.91. The van der Waals surface area contributed by atoms with Crippen LogP contribution in [0.2, 0.25) is 0 Å². The minimum Gasteiger partial charge on any atom is -0.343 e. The number of hydrogen-bond donors (Lipinski definition) is 2. The summed E-state index contributed by atoms with van der Waals surface area (Å²) in [6, 6.07) is 6.85. The summed E-state index contributed by atoms with van der Waals surface area (Å²) in [5, 5.41) is 2.82. The molecular weight excluding hydrogens is 346 g/mol. The molecule has 2 rings (SSSR count). The summed E-state index contributed by atoms with van der Waals surface area (Å²) in [5.74, 6) is 0.552. The first-order chi connectivity index (χ1) is 11.0. The third-order valence-corrected chi connectivity index (χ3v) is 4.71. The predicted molar refractivity (Wildman–Crippen MR) is 103 cm³/mol. The van der Waals surface area contributed by atoms with E-state index in [0.717, 1.165) is 23.4 Å². The van der Waals surface area contributed by atoms with Gasteiger partial charge in [0, 0.05) is 12.2 Å². The Kier molecular flexibility index (Phi) is 8.59. The SMILES string of the molecule is CSCC[C@H](N)C(=O)NC1CCCN(c2ccc(C)cc2)C1=O.Cl. The molecule has 0 bridgehead atoms. The number of carbonyl (C=O) groups excluding carboxylic acids is 2. The average Bonchev–Trinajstić information content (AvgIpc) is 2.55. The second-order valence-electron chi connectivity index (χ2n) is 5.92. The Bertz CT molecular complexity index is 553. The zero-order valence-corrected chi connectivity index (χ0v) is 15.8. The highest BCUT2D eigenvalue weighted by atomic mass is 35.5. The van der Waals surface area contributed by atoms with Gasteiger partial charge in [-0.15, -0.1) is 12.4 Å². The quantitative estimate of drug-likeness (QED) is 0.803. The number of carbonyl (C=O) groups is 2. The number of anilines is 1. The van der Waals surface area contributed by atoms with Crippen LogP contribution in [0.15, 0.2) is 24.3 Å². The van der Waals surface area contributed by atoms with Gasteiger partial charge in [-0.25, -0.2) is 0 Å². The number of nitrogens with one attached hydrogen (secondary N) is 1. The van der Waals surface area contributed by atoms with Gasteiger partial charge in [0.15, 0.2) is 0 Å². The topological polar surface area (TPSA) is 75.4 Å². The molecule has 1 fully saturated rings. The number of nitrogens with two attached hydrogens (primary N) is 1. The zero-order chi connectivity index (χ0) is 16.8. The van der Waals surface area contributed by atoms with E-state index in [1.165, 1.54) is 0 Å². The Labute approximate surface area is 154 Å². The summed E-state index contributed by atoms with van der Waals surface area (Å²) >= 11 is 1.66. The molecule has 24 heavy (non-hydrogen) atoms. The van der Waals surface area contributed by atoms with Crippen molar-refractivity contribution in [1.29, 1.82) is 0 Å². The zero-order valence-electron chi connectivity index (χ0n) is 14.2. The molecule has 1 aromatic carbocycles. The maximum absolute atomic E-state index is 12.6. The Morgan fingerprint density at radius 2 is 2.08 bits per heavy atom. The van der Waals surface area contributed by atoms with E-state index in [2.05, 4.69) is 5.32 Å². The minimum atomic E-state index is -0.551. The maximum Gasteiger partial charge on any atom is 0.249 e. The lowest BCUT2D eigenvalue weighted by atomic mass is 10.0. The second-order valence-corrected chi connectivity index (χ2v) is 6.90. The largest absolute Gasteiger partial charge is 0.343 e. The summed E-state index contributed by atoms with van der Waals surface area (Å²) in [6.45, 7) is 2.70. The van der Waals surface area contributed by atoms with Crippen LogP contribution in [0.4, 0.5) is 5.69 Å². The van der Waals surface area contributed by atoms with Gasteiger partial charge in [-0.3, -0.25) is 9.59 Å². The molecule has 0 aromatic heterocycles. The molecule has 1 aliphatic rings. The van der Waals surface area contributed by atoms with Crippen LogP contribution in [-0.4, -0.2) is 42.5 Å². The number of benzene rings is 1. The summed E-state index contributed by atoms with van der Waals surface area (Å²) in [4.78, 5) is 26.5. The van der Waals surface area contributed by atoms with Crippen molar-refractivity contribution >= 4 is 41.7 Å². The Morgan fingerprint density at radius 1 is 1.42 bits per heavy atom. The van der Waals surface area contributed by atoms with Crippen molar-refractivity contribution in [1.82, 2.24) is 5.32 Å². The highest BCUT2D eigenvalue weighted by Crippen LogP contribution is 2.21. The molecule has 1 heterocycles. The van der Waals surface area contributed by atoms with Crippen LogP contribution in [0, 0.1) is 6.92 Å². The lowest BCUT2D eigenvalue weighted by Gasteiger charge is -2.33. The fourth-order valence-electron chi connectivity index (χ4n) is 2.64. The summed E-state index contributed by atoms with van der Waals surface area (Å²) in [7, 11) is 0. The van der Waals surface area contributed by atoms with E-state index >= 15 is 0 Å². The molecule has 5 nitrogen and oxygen atoms in total. The monoisotopic (exact) mass is 371 g/mol. The maximum atomic E-state index is 12.6. The summed E-state index contributed by atoms with van der Waals surface area (Å²) < 4.78 is 0. The number of thioether (sulfide) groups is 1. The van der Waals surface area contributed by atoms with Crippen LogP contribution in [0.1, 0.15) is 24.8 Å². The van der Waals surface area contributed by atoms with E-state index < -0.39 is 12.1 Å². The van der Waals surface area contributed by atoms with Gasteiger partial charge in [0.1, 0.15) is 6.04 Å². The fraction of sp³-hybridized carbons (Fsp3) is 0.529. The number of nitrogens with zero attached hydrogens (tertiary/aromatic N) is 1. The normalized spacial score (nSPS) is 18.7. The van der Waals surface area contributed by atoms with Gasteiger partial charge >= 0.3 is 0 Å². The van der Waals surface area contributed by atoms with E-state index in [0.29, 0.717) is 19.4 Å². The molecule has 7 heteroatoms. The van der Waals surface area contributed by atoms with Crippen LogP contribution in [0.3, 0.4) is 0 Å². The van der Waals surface area contributed by atoms with Gasteiger partial charge in [0.05, 0.1) is 6.04 Å². The van der Waals surface area contributed by atoms with Crippen molar-refractivity contribution in [2.24, 2.45) is 5.73 Å². The molecule has 0 spiro atoms. The van der Waals surface area contributed by atoms with Gasteiger partial charge in [-0.2, -0.15) is 11.8 Å². The Balaban J connectivity index is 0.00000288. The standard InChI is InChI=1S/C17H25N3O2S.ClH/c1-12-5-7-13(8-6-12)20-10-3-4-15(17(20)22)19-16(21)14(18)9-11-23-2;/h5-8,14-15H,3-4,9-11,18H2,1-2H3,(H,19,21);1H/t14-,15?;/m0./s1. The van der Waals surface area contributed by atoms with Crippen LogP contribution in [-0.2, 0) is 9.59 Å². The van der Waals surface area contributed by atoms with Gasteiger partial charge in [0.2, 0.25) is 11.8 Å². The number of halogens is 1. The number of rotatable bonds is 6. The van der Waals surface area contributed by atoms with Gasteiger partial charge in [-0.1, -0.05) is 17.7 Å². The molecule has 2 atom stereocenters. The molecule has 0 aliphatic carbocycles.